The first-order valence-electron chi connectivity index (χ1n) is 5.69. The first kappa shape index (κ1) is 12.3. The predicted octanol–water partition coefficient (Wildman–Crippen LogP) is 1.27. The fraction of sp³-hybridized carbons (Fsp3) is 0.308. The number of fused-ring (bicyclic) bond motifs is 1. The van der Waals surface area contributed by atoms with E-state index in [9.17, 15) is 9.59 Å². The number of aromatic nitrogens is 2. The van der Waals surface area contributed by atoms with E-state index in [0.717, 1.165) is 0 Å². The van der Waals surface area contributed by atoms with Crippen molar-refractivity contribution in [1.82, 2.24) is 9.55 Å². The summed E-state index contributed by atoms with van der Waals surface area (Å²) in [6.45, 7) is 3.61. The van der Waals surface area contributed by atoms with Crippen LogP contribution in [0.15, 0.2) is 29.1 Å². The molecule has 1 aromatic carbocycles. The van der Waals surface area contributed by atoms with Gasteiger partial charge in [-0.2, -0.15) is 0 Å². The lowest BCUT2D eigenvalue weighted by molar-refractivity contribution is -0.141. The molecule has 5 nitrogen and oxygen atoms in total. The van der Waals surface area contributed by atoms with Gasteiger partial charge < -0.3 is 4.74 Å². The van der Waals surface area contributed by atoms with E-state index in [1.54, 1.807) is 25.1 Å². The van der Waals surface area contributed by atoms with Crippen LogP contribution in [0.25, 0.3) is 10.9 Å². The summed E-state index contributed by atoms with van der Waals surface area (Å²) in [5.41, 5.74) is 0.578. The first-order valence-corrected chi connectivity index (χ1v) is 5.69. The van der Waals surface area contributed by atoms with Crippen molar-refractivity contribution in [1.29, 1.82) is 0 Å². The van der Waals surface area contributed by atoms with E-state index in [1.165, 1.54) is 11.5 Å². The Bertz CT molecular complexity index is 646. The van der Waals surface area contributed by atoms with Crippen molar-refractivity contribution >= 4 is 16.9 Å². The third-order valence-electron chi connectivity index (χ3n) is 2.67. The van der Waals surface area contributed by atoms with Crippen LogP contribution in [0.2, 0.25) is 0 Å². The molecule has 5 heteroatoms. The predicted molar refractivity (Wildman–Crippen MR) is 67.4 cm³/mol. The largest absolute Gasteiger partial charge is 0.464 e. The summed E-state index contributed by atoms with van der Waals surface area (Å²) < 4.78 is 6.36. The van der Waals surface area contributed by atoms with Crippen LogP contribution in [-0.2, 0) is 16.1 Å². The highest BCUT2D eigenvalue weighted by Gasteiger charge is 2.07. The smallest absolute Gasteiger partial charge is 0.302 e. The van der Waals surface area contributed by atoms with Crippen molar-refractivity contribution in [3.63, 3.8) is 0 Å². The third-order valence-corrected chi connectivity index (χ3v) is 2.67. The van der Waals surface area contributed by atoms with Crippen molar-refractivity contribution in [2.75, 3.05) is 6.61 Å². The molecule has 2 aromatic rings. The Hall–Kier alpha value is -2.17. The third kappa shape index (κ3) is 2.40. The van der Waals surface area contributed by atoms with Gasteiger partial charge in [0.05, 0.1) is 17.4 Å². The maximum atomic E-state index is 12.2. The summed E-state index contributed by atoms with van der Waals surface area (Å²) in [7, 11) is 0. The molecule has 0 N–H and O–H groups in total. The quantitative estimate of drug-likeness (QED) is 0.765. The summed E-state index contributed by atoms with van der Waals surface area (Å²) >= 11 is 0. The highest BCUT2D eigenvalue weighted by molar-refractivity contribution is 5.77. The van der Waals surface area contributed by atoms with Crippen LogP contribution >= 0.6 is 0 Å². The van der Waals surface area contributed by atoms with Gasteiger partial charge in [-0.15, -0.1) is 0 Å². The van der Waals surface area contributed by atoms with Crippen LogP contribution in [0, 0.1) is 6.92 Å². The van der Waals surface area contributed by atoms with Crippen molar-refractivity contribution in [2.45, 2.75) is 20.4 Å². The molecule has 0 aliphatic rings. The number of esters is 1. The summed E-state index contributed by atoms with van der Waals surface area (Å²) in [6.07, 6.45) is 0. The Kier molecular flexibility index (Phi) is 3.41. The van der Waals surface area contributed by atoms with E-state index in [1.807, 2.05) is 6.07 Å². The van der Waals surface area contributed by atoms with Crippen LogP contribution in [0.3, 0.4) is 0 Å². The lowest BCUT2D eigenvalue weighted by atomic mass is 10.2. The normalized spacial score (nSPS) is 10.6. The number of carbonyl (C=O) groups is 1. The minimum Gasteiger partial charge on any atom is -0.464 e. The summed E-state index contributed by atoms with van der Waals surface area (Å²) in [5, 5.41) is 0.575. The zero-order chi connectivity index (χ0) is 13.1. The minimum absolute atomic E-state index is 0.106. The average Bonchev–Trinajstić information content (AvgIpc) is 2.33. The number of rotatable bonds is 3. The standard InChI is InChI=1S/C13H14N2O3/c1-9-14-12-6-4-3-5-11(12)13(17)15(9)7-8-18-10(2)16/h3-6H,7-8H2,1-2H3. The van der Waals surface area contributed by atoms with E-state index in [2.05, 4.69) is 4.98 Å². The minimum atomic E-state index is -0.352. The number of carbonyl (C=O) groups excluding carboxylic acids is 1. The molecule has 0 atom stereocenters. The van der Waals surface area contributed by atoms with Gasteiger partial charge in [-0.3, -0.25) is 14.2 Å². The molecule has 0 radical (unpaired) electrons. The molecular formula is C13H14N2O3. The van der Waals surface area contributed by atoms with Crippen LogP contribution in [-0.4, -0.2) is 22.1 Å². The lowest BCUT2D eigenvalue weighted by Crippen LogP contribution is -2.26. The molecule has 0 spiro atoms. The fourth-order valence-electron chi connectivity index (χ4n) is 1.82. The summed E-state index contributed by atoms with van der Waals surface area (Å²) in [5.74, 6) is 0.264. The molecule has 0 aliphatic carbocycles. The van der Waals surface area contributed by atoms with Gasteiger partial charge in [-0.05, 0) is 19.1 Å². The number of benzene rings is 1. The molecule has 0 saturated heterocycles. The second kappa shape index (κ2) is 5.00. The van der Waals surface area contributed by atoms with Crippen molar-refractivity contribution in [3.05, 3.63) is 40.4 Å². The molecular weight excluding hydrogens is 232 g/mol. The maximum absolute atomic E-state index is 12.2. The van der Waals surface area contributed by atoms with Crippen molar-refractivity contribution in [2.24, 2.45) is 0 Å². The fourth-order valence-corrected chi connectivity index (χ4v) is 1.82. The number of ether oxygens (including phenoxy) is 1. The van der Waals surface area contributed by atoms with E-state index in [-0.39, 0.29) is 18.1 Å². The molecule has 2 rings (SSSR count). The Morgan fingerprint density at radius 3 is 2.83 bits per heavy atom. The lowest BCUT2D eigenvalue weighted by Gasteiger charge is -2.10. The van der Waals surface area contributed by atoms with E-state index < -0.39 is 0 Å². The highest BCUT2D eigenvalue weighted by atomic mass is 16.5. The van der Waals surface area contributed by atoms with E-state index in [0.29, 0.717) is 23.3 Å². The van der Waals surface area contributed by atoms with Crippen LogP contribution in [0.5, 0.6) is 0 Å². The molecule has 0 bridgehead atoms. The van der Waals surface area contributed by atoms with Crippen LogP contribution in [0.4, 0.5) is 0 Å². The Balaban J connectivity index is 2.38. The Labute approximate surface area is 104 Å². The Morgan fingerprint density at radius 2 is 2.11 bits per heavy atom. The van der Waals surface area contributed by atoms with Crippen LogP contribution < -0.4 is 5.56 Å². The van der Waals surface area contributed by atoms with Gasteiger partial charge in [0, 0.05) is 6.92 Å². The molecule has 0 aliphatic heterocycles. The van der Waals surface area contributed by atoms with Gasteiger partial charge in [-0.1, -0.05) is 12.1 Å². The van der Waals surface area contributed by atoms with Crippen molar-refractivity contribution in [3.8, 4) is 0 Å². The number of hydrogen-bond acceptors (Lipinski definition) is 4. The number of hydrogen-bond donors (Lipinski definition) is 0. The molecule has 0 fully saturated rings. The molecule has 1 aromatic heterocycles. The van der Waals surface area contributed by atoms with Crippen molar-refractivity contribution < 1.29 is 9.53 Å². The number of nitrogens with zero attached hydrogens (tertiary/aromatic N) is 2. The average molecular weight is 246 g/mol. The van der Waals surface area contributed by atoms with Gasteiger partial charge in [0.1, 0.15) is 12.4 Å². The molecule has 18 heavy (non-hydrogen) atoms. The second-order valence-electron chi connectivity index (χ2n) is 3.97. The summed E-state index contributed by atoms with van der Waals surface area (Å²) in [4.78, 5) is 27.3. The number of aryl methyl sites for hydroxylation is 1. The summed E-state index contributed by atoms with van der Waals surface area (Å²) in [6, 6.07) is 7.20. The topological polar surface area (TPSA) is 61.2 Å². The van der Waals surface area contributed by atoms with Gasteiger partial charge in [-0.25, -0.2) is 4.98 Å². The second-order valence-corrected chi connectivity index (χ2v) is 3.97. The SMILES string of the molecule is CC(=O)OCCn1c(C)nc2ccccc2c1=O. The Morgan fingerprint density at radius 1 is 1.39 bits per heavy atom. The highest BCUT2D eigenvalue weighted by Crippen LogP contribution is 2.07. The van der Waals surface area contributed by atoms with E-state index in [4.69, 9.17) is 4.74 Å². The molecule has 1 heterocycles. The molecule has 0 amide bonds. The zero-order valence-corrected chi connectivity index (χ0v) is 10.3. The van der Waals surface area contributed by atoms with Gasteiger partial charge in [0.2, 0.25) is 0 Å². The number of para-hydroxylation sites is 1. The van der Waals surface area contributed by atoms with Crippen LogP contribution in [0.1, 0.15) is 12.7 Å². The zero-order valence-electron chi connectivity index (χ0n) is 10.3. The molecule has 0 saturated carbocycles. The first-order chi connectivity index (χ1) is 8.59. The maximum Gasteiger partial charge on any atom is 0.302 e. The molecule has 94 valence electrons. The monoisotopic (exact) mass is 246 g/mol. The molecule has 0 unspecified atom stereocenters. The van der Waals surface area contributed by atoms with Gasteiger partial charge in [0.15, 0.2) is 0 Å². The van der Waals surface area contributed by atoms with E-state index >= 15 is 0 Å². The van der Waals surface area contributed by atoms with Gasteiger partial charge in [0.25, 0.3) is 5.56 Å². The van der Waals surface area contributed by atoms with Gasteiger partial charge >= 0.3 is 5.97 Å².